The molecule has 0 aromatic heterocycles. The molecule has 0 saturated heterocycles. The molecule has 0 radical (unpaired) electrons. The van der Waals surface area contributed by atoms with E-state index in [1.54, 1.807) is 25.2 Å². The highest BCUT2D eigenvalue weighted by Gasteiger charge is 2.21. The van der Waals surface area contributed by atoms with Crippen molar-refractivity contribution in [2.75, 3.05) is 20.2 Å². The second-order valence-electron chi connectivity index (χ2n) is 5.11. The molecule has 5 nitrogen and oxygen atoms in total. The molecule has 6 heteroatoms. The Kier molecular flexibility index (Phi) is 6.13. The summed E-state index contributed by atoms with van der Waals surface area (Å²) in [6.07, 6.45) is 0.0903. The summed E-state index contributed by atoms with van der Waals surface area (Å²) in [5.74, 6) is 0. The maximum atomic E-state index is 12.4. The third-order valence-corrected chi connectivity index (χ3v) is 4.80. The molecule has 0 amide bonds. The number of ether oxygens (including phenoxy) is 1. The first-order valence-corrected chi connectivity index (χ1v) is 8.12. The number of benzene rings is 1. The van der Waals surface area contributed by atoms with Gasteiger partial charge in [0.1, 0.15) is 0 Å². The quantitative estimate of drug-likeness (QED) is 0.832. The summed E-state index contributed by atoms with van der Waals surface area (Å²) in [6, 6.07) is 6.55. The van der Waals surface area contributed by atoms with Crippen LogP contribution in [0.3, 0.4) is 0 Å². The van der Waals surface area contributed by atoms with Crippen LogP contribution in [0.15, 0.2) is 29.2 Å². The molecule has 1 unspecified atom stereocenters. The first kappa shape index (κ1) is 17.1. The fourth-order valence-electron chi connectivity index (χ4n) is 1.68. The summed E-state index contributed by atoms with van der Waals surface area (Å²) in [5, 5.41) is 0. The molecule has 1 aromatic rings. The zero-order valence-electron chi connectivity index (χ0n) is 12.5. The van der Waals surface area contributed by atoms with E-state index in [0.29, 0.717) is 13.2 Å². The standard InChI is InChI=1S/C14H24N2O3S/c1-11(2)19-9-8-16(4)20(17,18)14-7-5-6-13(10-14)12(3)15/h5-7,10-12H,8-9,15H2,1-4H3. The topological polar surface area (TPSA) is 72.6 Å². The minimum atomic E-state index is -3.50. The number of sulfonamides is 1. The van der Waals surface area contributed by atoms with Gasteiger partial charge in [-0.25, -0.2) is 8.42 Å². The largest absolute Gasteiger partial charge is 0.377 e. The Morgan fingerprint density at radius 1 is 1.30 bits per heavy atom. The van der Waals surface area contributed by atoms with Crippen molar-refractivity contribution in [3.8, 4) is 0 Å². The van der Waals surface area contributed by atoms with Gasteiger partial charge in [-0.3, -0.25) is 0 Å². The van der Waals surface area contributed by atoms with Crippen molar-refractivity contribution in [1.82, 2.24) is 4.31 Å². The van der Waals surface area contributed by atoms with Gasteiger partial charge in [-0.15, -0.1) is 0 Å². The summed E-state index contributed by atoms with van der Waals surface area (Å²) >= 11 is 0. The highest BCUT2D eigenvalue weighted by atomic mass is 32.2. The van der Waals surface area contributed by atoms with Crippen molar-refractivity contribution in [1.29, 1.82) is 0 Å². The van der Waals surface area contributed by atoms with Crippen LogP contribution in [0.4, 0.5) is 0 Å². The molecule has 0 fully saturated rings. The van der Waals surface area contributed by atoms with Gasteiger partial charge < -0.3 is 10.5 Å². The molecule has 0 saturated carbocycles. The smallest absolute Gasteiger partial charge is 0.242 e. The summed E-state index contributed by atoms with van der Waals surface area (Å²) in [7, 11) is -1.94. The van der Waals surface area contributed by atoms with E-state index in [-0.39, 0.29) is 17.0 Å². The average Bonchev–Trinajstić information content (AvgIpc) is 2.38. The molecule has 114 valence electrons. The van der Waals surface area contributed by atoms with Crippen molar-refractivity contribution in [2.45, 2.75) is 37.8 Å². The van der Waals surface area contributed by atoms with Crippen LogP contribution < -0.4 is 5.73 Å². The van der Waals surface area contributed by atoms with Crippen molar-refractivity contribution in [3.05, 3.63) is 29.8 Å². The minimum Gasteiger partial charge on any atom is -0.377 e. The molecule has 0 spiro atoms. The Balaban J connectivity index is 2.84. The van der Waals surface area contributed by atoms with Crippen LogP contribution in [-0.2, 0) is 14.8 Å². The predicted molar refractivity (Wildman–Crippen MR) is 79.9 cm³/mol. The van der Waals surface area contributed by atoms with Gasteiger partial charge in [-0.05, 0) is 38.5 Å². The van der Waals surface area contributed by atoms with E-state index in [1.165, 1.54) is 4.31 Å². The van der Waals surface area contributed by atoms with E-state index in [1.807, 2.05) is 26.8 Å². The SMILES string of the molecule is CC(C)OCCN(C)S(=O)(=O)c1cccc(C(C)N)c1. The maximum absolute atomic E-state index is 12.4. The molecule has 0 aliphatic heterocycles. The number of nitrogens with zero attached hydrogens (tertiary/aromatic N) is 1. The fraction of sp³-hybridized carbons (Fsp3) is 0.571. The highest BCUT2D eigenvalue weighted by molar-refractivity contribution is 7.89. The lowest BCUT2D eigenvalue weighted by molar-refractivity contribution is 0.0737. The average molecular weight is 300 g/mol. The summed E-state index contributed by atoms with van der Waals surface area (Å²) in [5.41, 5.74) is 6.59. The monoisotopic (exact) mass is 300 g/mol. The van der Waals surface area contributed by atoms with Gasteiger partial charge in [-0.1, -0.05) is 12.1 Å². The van der Waals surface area contributed by atoms with E-state index in [2.05, 4.69) is 0 Å². The lowest BCUT2D eigenvalue weighted by Crippen LogP contribution is -2.31. The Morgan fingerprint density at radius 3 is 2.50 bits per heavy atom. The minimum absolute atomic E-state index is 0.0903. The zero-order chi connectivity index (χ0) is 15.3. The number of hydrogen-bond donors (Lipinski definition) is 1. The molecule has 1 rings (SSSR count). The van der Waals surface area contributed by atoms with Crippen LogP contribution in [0.1, 0.15) is 32.4 Å². The van der Waals surface area contributed by atoms with Crippen LogP contribution >= 0.6 is 0 Å². The van der Waals surface area contributed by atoms with E-state index < -0.39 is 10.0 Å². The van der Waals surface area contributed by atoms with Gasteiger partial charge in [0.05, 0.1) is 17.6 Å². The van der Waals surface area contributed by atoms with E-state index in [0.717, 1.165) is 5.56 Å². The van der Waals surface area contributed by atoms with Gasteiger partial charge in [0.15, 0.2) is 0 Å². The van der Waals surface area contributed by atoms with Crippen LogP contribution in [0.2, 0.25) is 0 Å². The molecule has 2 N–H and O–H groups in total. The third kappa shape index (κ3) is 4.56. The second kappa shape index (κ2) is 7.17. The number of hydrogen-bond acceptors (Lipinski definition) is 4. The first-order valence-electron chi connectivity index (χ1n) is 6.68. The number of likely N-dealkylation sites (N-methyl/N-ethyl adjacent to an activating group) is 1. The van der Waals surface area contributed by atoms with E-state index >= 15 is 0 Å². The Bertz CT molecular complexity index is 527. The molecule has 0 heterocycles. The lowest BCUT2D eigenvalue weighted by atomic mass is 10.1. The zero-order valence-corrected chi connectivity index (χ0v) is 13.4. The van der Waals surface area contributed by atoms with Gasteiger partial charge in [-0.2, -0.15) is 4.31 Å². The molecule has 0 aliphatic rings. The third-order valence-electron chi connectivity index (χ3n) is 2.95. The molecular formula is C14H24N2O3S. The van der Waals surface area contributed by atoms with E-state index in [9.17, 15) is 8.42 Å². The first-order chi connectivity index (χ1) is 9.25. The van der Waals surface area contributed by atoms with Crippen molar-refractivity contribution in [3.63, 3.8) is 0 Å². The van der Waals surface area contributed by atoms with Gasteiger partial charge >= 0.3 is 0 Å². The summed E-state index contributed by atoms with van der Waals surface area (Å²) < 4.78 is 31.5. The second-order valence-corrected chi connectivity index (χ2v) is 7.15. The molecule has 1 aromatic carbocycles. The van der Waals surface area contributed by atoms with Gasteiger partial charge in [0.2, 0.25) is 10.0 Å². The highest BCUT2D eigenvalue weighted by Crippen LogP contribution is 2.18. The van der Waals surface area contributed by atoms with E-state index in [4.69, 9.17) is 10.5 Å². The van der Waals surface area contributed by atoms with Crippen LogP contribution in [-0.4, -0.2) is 39.0 Å². The maximum Gasteiger partial charge on any atom is 0.242 e. The molecule has 0 aliphatic carbocycles. The Morgan fingerprint density at radius 2 is 1.95 bits per heavy atom. The summed E-state index contributed by atoms with van der Waals surface area (Å²) in [4.78, 5) is 0.263. The lowest BCUT2D eigenvalue weighted by Gasteiger charge is -2.19. The van der Waals surface area contributed by atoms with Crippen molar-refractivity contribution < 1.29 is 13.2 Å². The van der Waals surface area contributed by atoms with Crippen LogP contribution in [0, 0.1) is 0 Å². The van der Waals surface area contributed by atoms with Crippen LogP contribution in [0.5, 0.6) is 0 Å². The Hall–Kier alpha value is -0.950. The molecule has 1 atom stereocenters. The Labute approximate surface area is 121 Å². The van der Waals surface area contributed by atoms with Crippen molar-refractivity contribution in [2.24, 2.45) is 5.73 Å². The van der Waals surface area contributed by atoms with Crippen LogP contribution in [0.25, 0.3) is 0 Å². The predicted octanol–water partition coefficient (Wildman–Crippen LogP) is 1.75. The molecule has 0 bridgehead atoms. The van der Waals surface area contributed by atoms with Gasteiger partial charge in [0.25, 0.3) is 0 Å². The normalized spacial score (nSPS) is 13.9. The fourth-order valence-corrected chi connectivity index (χ4v) is 2.89. The molecule has 20 heavy (non-hydrogen) atoms. The van der Waals surface area contributed by atoms with Gasteiger partial charge in [0, 0.05) is 19.6 Å². The molecular weight excluding hydrogens is 276 g/mol. The number of nitrogens with two attached hydrogens (primary N) is 1. The summed E-state index contributed by atoms with van der Waals surface area (Å²) in [6.45, 7) is 6.36. The number of rotatable bonds is 7. The van der Waals surface area contributed by atoms with Crippen molar-refractivity contribution >= 4 is 10.0 Å².